The van der Waals surface area contributed by atoms with Crippen LogP contribution in [0.5, 0.6) is 0 Å². The highest BCUT2D eigenvalue weighted by atomic mass is 35.5. The molecule has 2 aliphatic rings. The van der Waals surface area contributed by atoms with Crippen molar-refractivity contribution in [3.63, 3.8) is 0 Å². The minimum Gasteiger partial charge on any atom is -0.353 e. The first-order chi connectivity index (χ1) is 10.1. The van der Waals surface area contributed by atoms with Gasteiger partial charge in [0.1, 0.15) is 5.82 Å². The van der Waals surface area contributed by atoms with Crippen LogP contribution >= 0.6 is 11.6 Å². The van der Waals surface area contributed by atoms with E-state index in [1.807, 2.05) is 17.0 Å². The van der Waals surface area contributed by atoms with Crippen molar-refractivity contribution in [1.29, 1.82) is 0 Å². The summed E-state index contributed by atoms with van der Waals surface area (Å²) in [6.07, 6.45) is 1.67. The van der Waals surface area contributed by atoms with Crippen LogP contribution in [0.3, 0.4) is 0 Å². The Hall–Kier alpha value is -1.33. The Bertz CT molecular complexity index is 495. The largest absolute Gasteiger partial charge is 0.353 e. The van der Waals surface area contributed by atoms with E-state index in [-0.39, 0.29) is 5.92 Å². The van der Waals surface area contributed by atoms with Crippen LogP contribution in [0.4, 0.5) is 5.82 Å². The van der Waals surface area contributed by atoms with Crippen molar-refractivity contribution in [2.75, 3.05) is 44.2 Å². The van der Waals surface area contributed by atoms with Gasteiger partial charge in [0.05, 0.1) is 5.02 Å². The zero-order valence-electron chi connectivity index (χ0n) is 12.3. The molecule has 0 aromatic carbocycles. The molecule has 6 heteroatoms. The van der Waals surface area contributed by atoms with E-state index in [9.17, 15) is 4.79 Å². The lowest BCUT2D eigenvalue weighted by molar-refractivity contribution is -0.137. The van der Waals surface area contributed by atoms with Gasteiger partial charge in [0, 0.05) is 38.3 Å². The molecule has 0 spiro atoms. The minimum absolute atomic E-state index is 0.131. The van der Waals surface area contributed by atoms with Crippen LogP contribution in [0.15, 0.2) is 18.3 Å². The molecule has 114 valence electrons. The van der Waals surface area contributed by atoms with Gasteiger partial charge in [-0.05, 0) is 31.1 Å². The van der Waals surface area contributed by atoms with Crippen LogP contribution in [0.1, 0.15) is 6.92 Å². The molecule has 21 heavy (non-hydrogen) atoms. The maximum atomic E-state index is 12.5. The van der Waals surface area contributed by atoms with Crippen molar-refractivity contribution in [1.82, 2.24) is 15.2 Å². The number of rotatable bonds is 3. The highest BCUT2D eigenvalue weighted by molar-refractivity contribution is 6.30. The predicted molar refractivity (Wildman–Crippen MR) is 83.6 cm³/mol. The van der Waals surface area contributed by atoms with Gasteiger partial charge >= 0.3 is 0 Å². The number of amides is 1. The Balaban J connectivity index is 1.54. The molecule has 1 atom stereocenters. The third-order valence-corrected chi connectivity index (χ3v) is 4.76. The summed E-state index contributed by atoms with van der Waals surface area (Å²) in [6.45, 7) is 7.21. The number of hydrogen-bond acceptors (Lipinski definition) is 4. The van der Waals surface area contributed by atoms with Gasteiger partial charge < -0.3 is 15.1 Å². The van der Waals surface area contributed by atoms with Crippen molar-refractivity contribution in [3.05, 3.63) is 23.4 Å². The molecule has 1 aromatic rings. The van der Waals surface area contributed by atoms with E-state index in [1.54, 1.807) is 6.20 Å². The Kier molecular flexibility index (Phi) is 4.31. The summed E-state index contributed by atoms with van der Waals surface area (Å²) >= 11 is 5.86. The predicted octanol–water partition coefficient (Wildman–Crippen LogP) is 1.24. The Labute approximate surface area is 130 Å². The normalized spacial score (nSPS) is 21.0. The van der Waals surface area contributed by atoms with Gasteiger partial charge in [0.25, 0.3) is 0 Å². The first kappa shape index (κ1) is 14.6. The average molecular weight is 309 g/mol. The van der Waals surface area contributed by atoms with Crippen molar-refractivity contribution in [2.24, 2.45) is 11.8 Å². The molecule has 3 rings (SSSR count). The maximum absolute atomic E-state index is 12.5. The molecule has 1 unspecified atom stereocenters. The SMILES string of the molecule is CC(C(=O)N1CCN(c2ccc(Cl)cn2)CC1)C1CNC1. The smallest absolute Gasteiger partial charge is 0.225 e. The van der Waals surface area contributed by atoms with E-state index in [0.717, 1.165) is 45.1 Å². The molecular formula is C15H21ClN4O. The van der Waals surface area contributed by atoms with E-state index in [4.69, 9.17) is 11.6 Å². The third kappa shape index (κ3) is 3.14. The number of nitrogens with zero attached hydrogens (tertiary/aromatic N) is 3. The number of piperazine rings is 1. The maximum Gasteiger partial charge on any atom is 0.225 e. The molecule has 0 aliphatic carbocycles. The Morgan fingerprint density at radius 2 is 2.05 bits per heavy atom. The summed E-state index contributed by atoms with van der Waals surface area (Å²) in [5.41, 5.74) is 0. The fourth-order valence-electron chi connectivity index (χ4n) is 2.87. The number of aromatic nitrogens is 1. The van der Waals surface area contributed by atoms with Crippen molar-refractivity contribution in [3.8, 4) is 0 Å². The number of hydrogen-bond donors (Lipinski definition) is 1. The Morgan fingerprint density at radius 3 is 2.57 bits per heavy atom. The third-order valence-electron chi connectivity index (χ3n) is 4.54. The summed E-state index contributed by atoms with van der Waals surface area (Å²) < 4.78 is 0. The summed E-state index contributed by atoms with van der Waals surface area (Å²) in [7, 11) is 0. The van der Waals surface area contributed by atoms with E-state index in [1.165, 1.54) is 0 Å². The first-order valence-electron chi connectivity index (χ1n) is 7.51. The van der Waals surface area contributed by atoms with Crippen molar-refractivity contribution >= 4 is 23.3 Å². The quantitative estimate of drug-likeness (QED) is 0.913. The summed E-state index contributed by atoms with van der Waals surface area (Å²) in [5, 5.41) is 3.88. The number of anilines is 1. The van der Waals surface area contributed by atoms with Crippen LogP contribution in [0.2, 0.25) is 5.02 Å². The molecule has 0 radical (unpaired) electrons. The zero-order chi connectivity index (χ0) is 14.8. The topological polar surface area (TPSA) is 48.5 Å². The summed E-state index contributed by atoms with van der Waals surface area (Å²) in [6, 6.07) is 3.79. The standard InChI is InChI=1S/C15H21ClN4O/c1-11(12-8-17-9-12)15(21)20-6-4-19(5-7-20)14-3-2-13(16)10-18-14/h2-3,10-12,17H,4-9H2,1H3. The summed E-state index contributed by atoms with van der Waals surface area (Å²) in [5.74, 6) is 1.87. The van der Waals surface area contributed by atoms with Gasteiger partial charge in [-0.1, -0.05) is 18.5 Å². The van der Waals surface area contributed by atoms with Crippen LogP contribution < -0.4 is 10.2 Å². The van der Waals surface area contributed by atoms with Gasteiger partial charge in [0.2, 0.25) is 5.91 Å². The molecule has 2 fully saturated rings. The molecule has 1 aromatic heterocycles. The monoisotopic (exact) mass is 308 g/mol. The number of halogens is 1. The van der Waals surface area contributed by atoms with Crippen molar-refractivity contribution in [2.45, 2.75) is 6.92 Å². The van der Waals surface area contributed by atoms with Crippen molar-refractivity contribution < 1.29 is 4.79 Å². The van der Waals surface area contributed by atoms with Gasteiger partial charge in [-0.3, -0.25) is 4.79 Å². The molecule has 0 bridgehead atoms. The highest BCUT2D eigenvalue weighted by Gasteiger charge is 2.32. The molecule has 3 heterocycles. The van der Waals surface area contributed by atoms with E-state index in [0.29, 0.717) is 16.8 Å². The van der Waals surface area contributed by atoms with E-state index >= 15 is 0 Å². The lowest BCUT2D eigenvalue weighted by atomic mass is 9.88. The number of nitrogens with one attached hydrogen (secondary N) is 1. The van der Waals surface area contributed by atoms with E-state index in [2.05, 4.69) is 22.1 Å². The molecule has 1 amide bonds. The lowest BCUT2D eigenvalue weighted by Gasteiger charge is -2.39. The second-order valence-corrected chi connectivity index (χ2v) is 6.29. The first-order valence-corrected chi connectivity index (χ1v) is 7.89. The van der Waals surface area contributed by atoms with Gasteiger partial charge in [-0.2, -0.15) is 0 Å². The molecular weight excluding hydrogens is 288 g/mol. The highest BCUT2D eigenvalue weighted by Crippen LogP contribution is 2.21. The van der Waals surface area contributed by atoms with Gasteiger partial charge in [0.15, 0.2) is 0 Å². The lowest BCUT2D eigenvalue weighted by Crippen LogP contribution is -2.54. The van der Waals surface area contributed by atoms with Crippen LogP contribution in [0, 0.1) is 11.8 Å². The molecule has 0 saturated carbocycles. The molecule has 2 aliphatic heterocycles. The minimum atomic E-state index is 0.131. The number of carbonyl (C=O) groups excluding carboxylic acids is 1. The average Bonchev–Trinajstić information content (AvgIpc) is 2.46. The molecule has 2 saturated heterocycles. The second-order valence-electron chi connectivity index (χ2n) is 5.85. The van der Waals surface area contributed by atoms with Crippen LogP contribution in [-0.4, -0.2) is 55.1 Å². The second kappa shape index (κ2) is 6.20. The van der Waals surface area contributed by atoms with Gasteiger partial charge in [-0.25, -0.2) is 4.98 Å². The number of carbonyl (C=O) groups is 1. The number of pyridine rings is 1. The fourth-order valence-corrected chi connectivity index (χ4v) is 2.98. The van der Waals surface area contributed by atoms with Gasteiger partial charge in [-0.15, -0.1) is 0 Å². The summed E-state index contributed by atoms with van der Waals surface area (Å²) in [4.78, 5) is 21.0. The van der Waals surface area contributed by atoms with E-state index < -0.39 is 0 Å². The van der Waals surface area contributed by atoms with Crippen LogP contribution in [-0.2, 0) is 4.79 Å². The molecule has 1 N–H and O–H groups in total. The Morgan fingerprint density at radius 1 is 1.33 bits per heavy atom. The fraction of sp³-hybridized carbons (Fsp3) is 0.600. The van der Waals surface area contributed by atoms with Crippen LogP contribution in [0.25, 0.3) is 0 Å². The zero-order valence-corrected chi connectivity index (χ0v) is 13.0. The molecule has 5 nitrogen and oxygen atoms in total.